The van der Waals surface area contributed by atoms with E-state index in [0.717, 1.165) is 54.6 Å². The molecule has 1 heterocycles. The van der Waals surface area contributed by atoms with E-state index in [2.05, 4.69) is 33.8 Å². The van der Waals surface area contributed by atoms with Crippen LogP contribution in [0, 0.1) is 17.2 Å². The Labute approximate surface area is 168 Å². The van der Waals surface area contributed by atoms with Crippen LogP contribution in [-0.2, 0) is 0 Å². The summed E-state index contributed by atoms with van der Waals surface area (Å²) in [6.07, 6.45) is 6.04. The number of benzene rings is 1. The predicted octanol–water partition coefficient (Wildman–Crippen LogP) is 6.28. The number of hydrogen-bond donors (Lipinski definition) is 0. The van der Waals surface area contributed by atoms with Crippen LogP contribution in [0.3, 0.4) is 0 Å². The predicted molar refractivity (Wildman–Crippen MR) is 112 cm³/mol. The SMILES string of the molecule is CC[C@@H](C)CCCC(=O)c1c(C2CC2)c(-c2ccc(C#N)cc2)nn1C(C)C. The van der Waals surface area contributed by atoms with E-state index in [1.165, 1.54) is 0 Å². The van der Waals surface area contributed by atoms with Crippen LogP contribution in [-0.4, -0.2) is 15.6 Å². The fourth-order valence-corrected chi connectivity index (χ4v) is 3.71. The summed E-state index contributed by atoms with van der Waals surface area (Å²) >= 11 is 0. The van der Waals surface area contributed by atoms with Gasteiger partial charge in [-0.3, -0.25) is 9.48 Å². The van der Waals surface area contributed by atoms with Gasteiger partial charge in [0.05, 0.1) is 17.3 Å². The van der Waals surface area contributed by atoms with Crippen molar-refractivity contribution in [1.29, 1.82) is 5.26 Å². The second kappa shape index (κ2) is 8.73. The first-order valence-electron chi connectivity index (χ1n) is 10.6. The van der Waals surface area contributed by atoms with E-state index in [9.17, 15) is 4.79 Å². The lowest BCUT2D eigenvalue weighted by Crippen LogP contribution is -2.14. The van der Waals surface area contributed by atoms with Gasteiger partial charge in [0.25, 0.3) is 0 Å². The summed E-state index contributed by atoms with van der Waals surface area (Å²) in [6.45, 7) is 8.63. The Balaban J connectivity index is 1.97. The van der Waals surface area contributed by atoms with Gasteiger partial charge in [-0.1, -0.05) is 38.8 Å². The number of nitrogens with zero attached hydrogens (tertiary/aromatic N) is 3. The van der Waals surface area contributed by atoms with Crippen molar-refractivity contribution in [2.75, 3.05) is 0 Å². The Bertz CT molecular complexity index is 866. The number of carbonyl (C=O) groups is 1. The number of rotatable bonds is 9. The molecule has 2 aromatic rings. The minimum absolute atomic E-state index is 0.137. The lowest BCUT2D eigenvalue weighted by molar-refractivity contribution is 0.0964. The summed E-state index contributed by atoms with van der Waals surface area (Å²) in [5.74, 6) is 1.33. The molecule has 28 heavy (non-hydrogen) atoms. The molecular weight excluding hydrogens is 346 g/mol. The maximum absolute atomic E-state index is 13.2. The van der Waals surface area contributed by atoms with E-state index >= 15 is 0 Å². The Morgan fingerprint density at radius 2 is 1.93 bits per heavy atom. The van der Waals surface area contributed by atoms with Gasteiger partial charge in [-0.05, 0) is 57.1 Å². The van der Waals surface area contributed by atoms with Gasteiger partial charge in [-0.2, -0.15) is 10.4 Å². The van der Waals surface area contributed by atoms with E-state index in [0.29, 0.717) is 23.8 Å². The minimum Gasteiger partial charge on any atom is -0.292 e. The van der Waals surface area contributed by atoms with E-state index in [1.54, 1.807) is 0 Å². The van der Waals surface area contributed by atoms with Gasteiger partial charge < -0.3 is 0 Å². The summed E-state index contributed by atoms with van der Waals surface area (Å²) in [6, 6.07) is 9.86. The van der Waals surface area contributed by atoms with Crippen molar-refractivity contribution in [3.8, 4) is 17.3 Å². The number of ketones is 1. The number of nitriles is 1. The highest BCUT2D eigenvalue weighted by molar-refractivity contribution is 5.98. The standard InChI is InChI=1S/C24H31N3O/c1-5-17(4)7-6-8-21(28)24-22(19-13-14-19)23(26-27(24)16(2)3)20-11-9-18(15-25)10-12-20/h9-12,16-17,19H,5-8,13-14H2,1-4H3/t17-/m1/s1. The Morgan fingerprint density at radius 1 is 1.25 bits per heavy atom. The number of aromatic nitrogens is 2. The summed E-state index contributed by atoms with van der Waals surface area (Å²) in [7, 11) is 0. The molecule has 4 heteroatoms. The van der Waals surface area contributed by atoms with E-state index in [4.69, 9.17) is 10.4 Å². The zero-order chi connectivity index (χ0) is 20.3. The van der Waals surface area contributed by atoms with E-state index < -0.39 is 0 Å². The number of Topliss-reactive ketones (excluding diaryl/α,β-unsaturated/α-hetero) is 1. The second-order valence-electron chi connectivity index (χ2n) is 8.44. The van der Waals surface area contributed by atoms with Crippen molar-refractivity contribution < 1.29 is 4.79 Å². The van der Waals surface area contributed by atoms with Crippen molar-refractivity contribution in [3.05, 3.63) is 41.1 Å². The number of carbonyl (C=O) groups excluding carboxylic acids is 1. The van der Waals surface area contributed by atoms with Crippen LogP contribution < -0.4 is 0 Å². The third-order valence-corrected chi connectivity index (χ3v) is 5.77. The molecule has 0 aliphatic heterocycles. The molecule has 0 saturated heterocycles. The zero-order valence-electron chi connectivity index (χ0n) is 17.5. The average Bonchev–Trinajstić information content (AvgIpc) is 3.46. The molecule has 0 radical (unpaired) electrons. The van der Waals surface area contributed by atoms with Gasteiger partial charge in [0.2, 0.25) is 0 Å². The fraction of sp³-hybridized carbons (Fsp3) is 0.542. The van der Waals surface area contributed by atoms with Crippen LogP contribution in [0.5, 0.6) is 0 Å². The van der Waals surface area contributed by atoms with E-state index in [-0.39, 0.29) is 11.8 Å². The van der Waals surface area contributed by atoms with Crippen LogP contribution in [0.25, 0.3) is 11.3 Å². The lowest BCUT2D eigenvalue weighted by atomic mass is 9.96. The highest BCUT2D eigenvalue weighted by atomic mass is 16.1. The summed E-state index contributed by atoms with van der Waals surface area (Å²) in [5.41, 5.74) is 4.51. The monoisotopic (exact) mass is 377 g/mol. The highest BCUT2D eigenvalue weighted by Gasteiger charge is 2.35. The molecule has 1 fully saturated rings. The first-order chi connectivity index (χ1) is 13.5. The fourth-order valence-electron chi connectivity index (χ4n) is 3.71. The molecule has 0 spiro atoms. The van der Waals surface area contributed by atoms with Crippen molar-refractivity contribution in [2.24, 2.45) is 5.92 Å². The first kappa shape index (κ1) is 20.3. The third-order valence-electron chi connectivity index (χ3n) is 5.77. The molecule has 1 saturated carbocycles. The summed E-state index contributed by atoms with van der Waals surface area (Å²) in [4.78, 5) is 13.2. The minimum atomic E-state index is 0.137. The summed E-state index contributed by atoms with van der Waals surface area (Å²) in [5, 5.41) is 14.0. The molecule has 4 nitrogen and oxygen atoms in total. The Morgan fingerprint density at radius 3 is 2.46 bits per heavy atom. The average molecular weight is 378 g/mol. The molecule has 1 atom stereocenters. The van der Waals surface area contributed by atoms with Crippen LogP contribution >= 0.6 is 0 Å². The molecule has 0 amide bonds. The first-order valence-corrected chi connectivity index (χ1v) is 10.6. The van der Waals surface area contributed by atoms with Crippen molar-refractivity contribution in [3.63, 3.8) is 0 Å². The van der Waals surface area contributed by atoms with Gasteiger partial charge >= 0.3 is 0 Å². The largest absolute Gasteiger partial charge is 0.292 e. The molecule has 0 bridgehead atoms. The van der Waals surface area contributed by atoms with Crippen molar-refractivity contribution in [1.82, 2.24) is 9.78 Å². The third kappa shape index (κ3) is 4.35. The Hall–Kier alpha value is -2.41. The van der Waals surface area contributed by atoms with Gasteiger partial charge in [0.1, 0.15) is 5.69 Å². The molecule has 1 aromatic heterocycles. The van der Waals surface area contributed by atoms with Gasteiger partial charge in [-0.25, -0.2) is 0 Å². The van der Waals surface area contributed by atoms with Gasteiger partial charge in [0, 0.05) is 23.6 Å². The van der Waals surface area contributed by atoms with Crippen LogP contribution in [0.2, 0.25) is 0 Å². The van der Waals surface area contributed by atoms with Crippen molar-refractivity contribution >= 4 is 5.78 Å². The van der Waals surface area contributed by atoms with Crippen molar-refractivity contribution in [2.45, 2.75) is 78.2 Å². The quantitative estimate of drug-likeness (QED) is 0.483. The molecule has 0 unspecified atom stereocenters. The second-order valence-corrected chi connectivity index (χ2v) is 8.44. The molecule has 1 aromatic carbocycles. The maximum Gasteiger partial charge on any atom is 0.181 e. The van der Waals surface area contributed by atoms with Gasteiger partial charge in [-0.15, -0.1) is 0 Å². The van der Waals surface area contributed by atoms with Gasteiger partial charge in [0.15, 0.2) is 5.78 Å². The molecule has 0 N–H and O–H groups in total. The molecule has 3 rings (SSSR count). The normalized spacial score (nSPS) is 14.9. The maximum atomic E-state index is 13.2. The lowest BCUT2D eigenvalue weighted by Gasteiger charge is -2.12. The zero-order valence-corrected chi connectivity index (χ0v) is 17.5. The highest BCUT2D eigenvalue weighted by Crippen LogP contribution is 2.47. The van der Waals surface area contributed by atoms with Crippen LogP contribution in [0.4, 0.5) is 0 Å². The molecule has 1 aliphatic carbocycles. The smallest absolute Gasteiger partial charge is 0.181 e. The Kier molecular flexibility index (Phi) is 6.34. The molecular formula is C24H31N3O. The number of hydrogen-bond acceptors (Lipinski definition) is 3. The van der Waals surface area contributed by atoms with Crippen LogP contribution in [0.1, 0.15) is 99.8 Å². The molecule has 148 valence electrons. The topological polar surface area (TPSA) is 58.7 Å². The van der Waals surface area contributed by atoms with E-state index in [1.807, 2.05) is 28.9 Å². The molecule has 1 aliphatic rings. The van der Waals surface area contributed by atoms with Crippen LogP contribution in [0.15, 0.2) is 24.3 Å². The summed E-state index contributed by atoms with van der Waals surface area (Å²) < 4.78 is 1.94.